The predicted molar refractivity (Wildman–Crippen MR) is 67.7 cm³/mol. The van der Waals surface area contributed by atoms with Crippen LogP contribution in [0.1, 0.15) is 23.3 Å². The maximum absolute atomic E-state index is 11.2. The minimum atomic E-state index is -0.466. The van der Waals surface area contributed by atoms with Crippen molar-refractivity contribution in [2.45, 2.75) is 25.5 Å². The molecule has 100 valence electrons. The number of esters is 1. The Morgan fingerprint density at radius 2 is 2.33 bits per heavy atom. The summed E-state index contributed by atoms with van der Waals surface area (Å²) >= 11 is 1.98. The van der Waals surface area contributed by atoms with Crippen LogP contribution in [0.25, 0.3) is 0 Å². The van der Waals surface area contributed by atoms with Gasteiger partial charge in [0.1, 0.15) is 0 Å². The maximum atomic E-state index is 11.2. The van der Waals surface area contributed by atoms with Crippen LogP contribution in [0, 0.1) is 0 Å². The molecule has 0 unspecified atom stereocenters. The molecule has 7 heteroatoms. The average Bonchev–Trinajstić information content (AvgIpc) is 2.88. The number of thioether (sulfide) groups is 1. The Balaban J connectivity index is 1.72. The minimum absolute atomic E-state index is 0.228. The lowest BCUT2D eigenvalue weighted by Gasteiger charge is -2.21. The standard InChI is InChI=1S/C11H17N3O3S/c1-16-11(15)10-8-14(13-12-10)4-5-17-9-2-6-18-7-3-9/h8-9H,2-7H2,1H3. The largest absolute Gasteiger partial charge is 0.464 e. The highest BCUT2D eigenvalue weighted by molar-refractivity contribution is 7.99. The lowest BCUT2D eigenvalue weighted by Crippen LogP contribution is -2.21. The Bertz CT molecular complexity index is 391. The predicted octanol–water partition coefficient (Wildman–Crippen LogP) is 0.977. The van der Waals surface area contributed by atoms with Crippen molar-refractivity contribution in [2.24, 2.45) is 0 Å². The van der Waals surface area contributed by atoms with E-state index in [0.717, 1.165) is 12.8 Å². The van der Waals surface area contributed by atoms with Gasteiger partial charge in [0.15, 0.2) is 5.69 Å². The maximum Gasteiger partial charge on any atom is 0.360 e. The van der Waals surface area contributed by atoms with Crippen molar-refractivity contribution < 1.29 is 14.3 Å². The molecule has 0 atom stereocenters. The van der Waals surface area contributed by atoms with E-state index in [0.29, 0.717) is 19.3 Å². The summed E-state index contributed by atoms with van der Waals surface area (Å²) in [6, 6.07) is 0. The molecule has 1 fully saturated rings. The Labute approximate surface area is 110 Å². The van der Waals surface area contributed by atoms with Crippen LogP contribution >= 0.6 is 11.8 Å². The summed E-state index contributed by atoms with van der Waals surface area (Å²) in [6.07, 6.45) is 4.19. The van der Waals surface area contributed by atoms with E-state index in [4.69, 9.17) is 4.74 Å². The highest BCUT2D eigenvalue weighted by Gasteiger charge is 2.14. The molecule has 2 heterocycles. The zero-order valence-electron chi connectivity index (χ0n) is 10.4. The summed E-state index contributed by atoms with van der Waals surface area (Å²) in [4.78, 5) is 11.2. The molecule has 6 nitrogen and oxygen atoms in total. The first-order valence-corrected chi connectivity index (χ1v) is 7.13. The fraction of sp³-hybridized carbons (Fsp3) is 0.727. The van der Waals surface area contributed by atoms with E-state index in [2.05, 4.69) is 15.0 Å². The Kier molecular flexibility index (Phi) is 5.00. The topological polar surface area (TPSA) is 66.2 Å². The van der Waals surface area contributed by atoms with E-state index in [9.17, 15) is 4.79 Å². The van der Waals surface area contributed by atoms with Crippen molar-refractivity contribution in [1.29, 1.82) is 0 Å². The zero-order valence-corrected chi connectivity index (χ0v) is 11.2. The number of hydrogen-bond donors (Lipinski definition) is 0. The summed E-state index contributed by atoms with van der Waals surface area (Å²) in [6.45, 7) is 1.20. The van der Waals surface area contributed by atoms with Crippen LogP contribution in [-0.4, -0.2) is 52.3 Å². The summed E-state index contributed by atoms with van der Waals surface area (Å²) < 4.78 is 11.9. The number of methoxy groups -OCH3 is 1. The highest BCUT2D eigenvalue weighted by Crippen LogP contribution is 2.19. The van der Waals surface area contributed by atoms with E-state index in [1.54, 1.807) is 10.9 Å². The quantitative estimate of drug-likeness (QED) is 0.744. The number of rotatable bonds is 5. The van der Waals surface area contributed by atoms with Gasteiger partial charge in [-0.15, -0.1) is 5.10 Å². The molecule has 1 aliphatic heterocycles. The molecule has 18 heavy (non-hydrogen) atoms. The molecule has 1 saturated heterocycles. The van der Waals surface area contributed by atoms with E-state index in [-0.39, 0.29) is 5.69 Å². The van der Waals surface area contributed by atoms with Gasteiger partial charge in [-0.2, -0.15) is 11.8 Å². The minimum Gasteiger partial charge on any atom is -0.464 e. The van der Waals surface area contributed by atoms with Gasteiger partial charge in [-0.05, 0) is 24.3 Å². The molecular formula is C11H17N3O3S. The number of ether oxygens (including phenoxy) is 2. The third-order valence-corrected chi connectivity index (χ3v) is 3.82. The van der Waals surface area contributed by atoms with Crippen molar-refractivity contribution in [3.63, 3.8) is 0 Å². The molecule has 0 saturated carbocycles. The first kappa shape index (κ1) is 13.4. The Morgan fingerprint density at radius 3 is 3.06 bits per heavy atom. The lowest BCUT2D eigenvalue weighted by atomic mass is 10.2. The van der Waals surface area contributed by atoms with E-state index < -0.39 is 5.97 Å². The Morgan fingerprint density at radius 1 is 1.56 bits per heavy atom. The van der Waals surface area contributed by atoms with Crippen LogP contribution < -0.4 is 0 Å². The molecular weight excluding hydrogens is 254 g/mol. The van der Waals surface area contributed by atoms with E-state index >= 15 is 0 Å². The molecule has 1 aliphatic rings. The molecule has 0 bridgehead atoms. The van der Waals surface area contributed by atoms with Gasteiger partial charge in [0.25, 0.3) is 0 Å². The highest BCUT2D eigenvalue weighted by atomic mass is 32.2. The summed E-state index contributed by atoms with van der Waals surface area (Å²) in [5.41, 5.74) is 0.228. The van der Waals surface area contributed by atoms with Crippen molar-refractivity contribution in [3.05, 3.63) is 11.9 Å². The summed E-state index contributed by atoms with van der Waals surface area (Å²) in [5.74, 6) is 1.90. The van der Waals surface area contributed by atoms with E-state index in [1.807, 2.05) is 11.8 Å². The van der Waals surface area contributed by atoms with Gasteiger partial charge < -0.3 is 9.47 Å². The molecule has 1 aromatic rings. The molecule has 1 aromatic heterocycles. The van der Waals surface area contributed by atoms with Gasteiger partial charge in [0, 0.05) is 0 Å². The Hall–Kier alpha value is -1.08. The van der Waals surface area contributed by atoms with E-state index in [1.165, 1.54) is 18.6 Å². The summed E-state index contributed by atoms with van der Waals surface area (Å²) in [5, 5.41) is 7.58. The fourth-order valence-electron chi connectivity index (χ4n) is 1.76. The third kappa shape index (κ3) is 3.71. The first-order valence-electron chi connectivity index (χ1n) is 5.97. The second kappa shape index (κ2) is 6.75. The van der Waals surface area contributed by atoms with Crippen molar-refractivity contribution >= 4 is 17.7 Å². The van der Waals surface area contributed by atoms with Crippen LogP contribution in [0.2, 0.25) is 0 Å². The molecule has 0 amide bonds. The van der Waals surface area contributed by atoms with Crippen LogP contribution in [0.5, 0.6) is 0 Å². The molecule has 0 aromatic carbocycles. The fourth-order valence-corrected chi connectivity index (χ4v) is 2.82. The van der Waals surface area contributed by atoms with Crippen LogP contribution in [0.4, 0.5) is 0 Å². The molecule has 0 radical (unpaired) electrons. The van der Waals surface area contributed by atoms with Gasteiger partial charge in [-0.3, -0.25) is 0 Å². The molecule has 0 aliphatic carbocycles. The van der Waals surface area contributed by atoms with Crippen molar-refractivity contribution in [3.8, 4) is 0 Å². The number of nitrogens with zero attached hydrogens (tertiary/aromatic N) is 3. The number of carbonyl (C=O) groups is 1. The number of aromatic nitrogens is 3. The zero-order chi connectivity index (χ0) is 12.8. The monoisotopic (exact) mass is 271 g/mol. The first-order chi connectivity index (χ1) is 8.79. The van der Waals surface area contributed by atoms with Crippen LogP contribution in [-0.2, 0) is 16.0 Å². The van der Waals surface area contributed by atoms with Crippen LogP contribution in [0.3, 0.4) is 0 Å². The number of carbonyl (C=O) groups excluding carboxylic acids is 1. The number of hydrogen-bond acceptors (Lipinski definition) is 6. The van der Waals surface area contributed by atoms with Crippen LogP contribution in [0.15, 0.2) is 6.20 Å². The van der Waals surface area contributed by atoms with Gasteiger partial charge in [-0.1, -0.05) is 5.21 Å². The molecule has 0 N–H and O–H groups in total. The van der Waals surface area contributed by atoms with Gasteiger partial charge >= 0.3 is 5.97 Å². The smallest absolute Gasteiger partial charge is 0.360 e. The van der Waals surface area contributed by atoms with Gasteiger partial charge in [0.2, 0.25) is 0 Å². The lowest BCUT2D eigenvalue weighted by molar-refractivity contribution is 0.0413. The molecule has 0 spiro atoms. The second-order valence-electron chi connectivity index (χ2n) is 4.04. The summed E-state index contributed by atoms with van der Waals surface area (Å²) in [7, 11) is 1.32. The van der Waals surface area contributed by atoms with Gasteiger partial charge in [-0.25, -0.2) is 9.48 Å². The van der Waals surface area contributed by atoms with Gasteiger partial charge in [0.05, 0.1) is 32.6 Å². The normalized spacial score (nSPS) is 16.7. The van der Waals surface area contributed by atoms with Crippen molar-refractivity contribution in [2.75, 3.05) is 25.2 Å². The third-order valence-electron chi connectivity index (χ3n) is 2.78. The molecule has 2 rings (SSSR count). The average molecular weight is 271 g/mol. The SMILES string of the molecule is COC(=O)c1cn(CCOC2CCSCC2)nn1. The second-order valence-corrected chi connectivity index (χ2v) is 5.27. The van der Waals surface area contributed by atoms with Crippen molar-refractivity contribution in [1.82, 2.24) is 15.0 Å².